The Morgan fingerprint density at radius 1 is 1.03 bits per heavy atom. The Labute approximate surface area is 170 Å². The molecule has 4 rings (SSSR count). The van der Waals surface area contributed by atoms with Gasteiger partial charge in [0.2, 0.25) is 5.91 Å². The number of hydrogen-bond donors (Lipinski definition) is 2. The van der Waals surface area contributed by atoms with Gasteiger partial charge in [-0.2, -0.15) is 5.01 Å². The van der Waals surface area contributed by atoms with Crippen LogP contribution in [0.2, 0.25) is 0 Å². The van der Waals surface area contributed by atoms with Crippen molar-refractivity contribution in [3.63, 3.8) is 0 Å². The van der Waals surface area contributed by atoms with Crippen molar-refractivity contribution in [2.45, 2.75) is 44.6 Å². The van der Waals surface area contributed by atoms with E-state index in [0.717, 1.165) is 34.5 Å². The summed E-state index contributed by atoms with van der Waals surface area (Å²) >= 11 is 0. The van der Waals surface area contributed by atoms with Gasteiger partial charge in [-0.1, -0.05) is 61.5 Å². The van der Waals surface area contributed by atoms with E-state index in [0.29, 0.717) is 18.8 Å². The first-order chi connectivity index (χ1) is 14.0. The molecule has 2 aromatic rings. The van der Waals surface area contributed by atoms with E-state index in [1.165, 1.54) is 0 Å². The van der Waals surface area contributed by atoms with Gasteiger partial charge < -0.3 is 5.32 Å². The van der Waals surface area contributed by atoms with E-state index in [4.69, 9.17) is 0 Å². The molecule has 1 heterocycles. The number of urea groups is 1. The summed E-state index contributed by atoms with van der Waals surface area (Å²) in [5, 5.41) is 3.67. The Morgan fingerprint density at radius 2 is 1.66 bits per heavy atom. The van der Waals surface area contributed by atoms with E-state index >= 15 is 0 Å². The van der Waals surface area contributed by atoms with Crippen molar-refractivity contribution < 1.29 is 14.4 Å². The van der Waals surface area contributed by atoms with Gasteiger partial charge in [0.15, 0.2) is 0 Å². The van der Waals surface area contributed by atoms with Gasteiger partial charge in [-0.15, -0.1) is 0 Å². The minimum atomic E-state index is -0.853. The molecular weight excluding hydrogens is 366 g/mol. The molecule has 1 saturated heterocycles. The van der Waals surface area contributed by atoms with Gasteiger partial charge in [-0.3, -0.25) is 15.0 Å². The lowest BCUT2D eigenvalue weighted by Crippen LogP contribution is -2.51. The maximum absolute atomic E-state index is 12.8. The number of nitrogens with one attached hydrogen (secondary N) is 2. The number of carbonyl (C=O) groups is 3. The maximum Gasteiger partial charge on any atom is 0.344 e. The van der Waals surface area contributed by atoms with E-state index in [1.54, 1.807) is 0 Å². The Bertz CT molecular complexity index is 916. The molecule has 0 aromatic heterocycles. The van der Waals surface area contributed by atoms with Gasteiger partial charge >= 0.3 is 6.03 Å². The lowest BCUT2D eigenvalue weighted by atomic mass is 9.77. The fourth-order valence-corrected chi connectivity index (χ4v) is 4.11. The molecule has 1 aliphatic carbocycles. The molecule has 6 heteroatoms. The Morgan fingerprint density at radius 3 is 2.31 bits per heavy atom. The summed E-state index contributed by atoms with van der Waals surface area (Å²) in [6, 6.07) is 17.1. The van der Waals surface area contributed by atoms with Crippen LogP contribution in [0.5, 0.6) is 0 Å². The second-order valence-electron chi connectivity index (χ2n) is 8.11. The molecule has 6 nitrogen and oxygen atoms in total. The van der Waals surface area contributed by atoms with Crippen LogP contribution in [0.3, 0.4) is 0 Å². The summed E-state index contributed by atoms with van der Waals surface area (Å²) in [5.74, 6) is -0.183. The molecule has 2 aliphatic rings. The highest BCUT2D eigenvalue weighted by Gasteiger charge is 2.52. The van der Waals surface area contributed by atoms with Crippen molar-refractivity contribution >= 4 is 17.8 Å². The van der Waals surface area contributed by atoms with Crippen LogP contribution < -0.4 is 10.7 Å². The largest absolute Gasteiger partial charge is 0.344 e. The molecule has 0 unspecified atom stereocenters. The Balaban J connectivity index is 1.38. The van der Waals surface area contributed by atoms with Crippen LogP contribution in [0.25, 0.3) is 11.1 Å². The molecule has 1 saturated carbocycles. The van der Waals surface area contributed by atoms with Gasteiger partial charge in [0.25, 0.3) is 5.91 Å². The first-order valence-electron chi connectivity index (χ1n) is 10.1. The molecule has 29 heavy (non-hydrogen) atoms. The summed E-state index contributed by atoms with van der Waals surface area (Å²) in [7, 11) is 0. The van der Waals surface area contributed by atoms with Gasteiger partial charge in [0.05, 0.1) is 6.42 Å². The zero-order valence-electron chi connectivity index (χ0n) is 16.5. The third-order valence-electron chi connectivity index (χ3n) is 5.95. The van der Waals surface area contributed by atoms with Crippen molar-refractivity contribution in [3.05, 3.63) is 60.2 Å². The molecule has 2 aromatic carbocycles. The number of carbonyl (C=O) groups excluding carboxylic acids is 3. The van der Waals surface area contributed by atoms with Crippen molar-refractivity contribution in [1.29, 1.82) is 0 Å². The number of amides is 4. The molecule has 0 radical (unpaired) electrons. The molecular formula is C23H25N3O3. The smallest absolute Gasteiger partial charge is 0.322 e. The van der Waals surface area contributed by atoms with E-state index < -0.39 is 11.6 Å². The molecule has 0 bridgehead atoms. The molecule has 2 fully saturated rings. The first kappa shape index (κ1) is 19.2. The minimum absolute atomic E-state index is 0.0934. The third kappa shape index (κ3) is 3.88. The van der Waals surface area contributed by atoms with Crippen LogP contribution >= 0.6 is 0 Å². The van der Waals surface area contributed by atoms with Crippen LogP contribution in [0.4, 0.5) is 4.79 Å². The van der Waals surface area contributed by atoms with Crippen LogP contribution in [0.1, 0.15) is 38.2 Å². The fraction of sp³-hybridized carbons (Fsp3) is 0.348. The summed E-state index contributed by atoms with van der Waals surface area (Å²) in [5.41, 5.74) is 4.62. The average molecular weight is 391 g/mol. The first-order valence-corrected chi connectivity index (χ1v) is 10.1. The van der Waals surface area contributed by atoms with Crippen LogP contribution in [-0.4, -0.2) is 28.4 Å². The van der Waals surface area contributed by atoms with Gasteiger partial charge in [-0.25, -0.2) is 4.79 Å². The predicted molar refractivity (Wildman–Crippen MR) is 109 cm³/mol. The number of hydrogen-bond acceptors (Lipinski definition) is 3. The number of imide groups is 1. The zero-order chi connectivity index (χ0) is 20.4. The van der Waals surface area contributed by atoms with Gasteiger partial charge in [0, 0.05) is 0 Å². The van der Waals surface area contributed by atoms with E-state index in [1.807, 2.05) is 54.6 Å². The SMILES string of the molecule is CC1CCC2(CC1)NC(=O)N(NC(=O)Cc1ccc(-c3ccccc3)cc1)C2=O. The fourth-order valence-electron chi connectivity index (χ4n) is 4.11. The number of benzene rings is 2. The topological polar surface area (TPSA) is 78.5 Å². The van der Waals surface area contributed by atoms with Crippen LogP contribution in [-0.2, 0) is 16.0 Å². The van der Waals surface area contributed by atoms with Gasteiger partial charge in [-0.05, 0) is 48.3 Å². The monoisotopic (exact) mass is 391 g/mol. The van der Waals surface area contributed by atoms with Crippen molar-refractivity contribution in [2.75, 3.05) is 0 Å². The molecule has 1 aliphatic heterocycles. The molecule has 1 spiro atoms. The van der Waals surface area contributed by atoms with Crippen LogP contribution in [0, 0.1) is 5.92 Å². The number of hydrazine groups is 1. The van der Waals surface area contributed by atoms with Crippen LogP contribution in [0.15, 0.2) is 54.6 Å². The Hall–Kier alpha value is -3.15. The van der Waals surface area contributed by atoms with Crippen molar-refractivity contribution in [1.82, 2.24) is 15.8 Å². The maximum atomic E-state index is 12.8. The van der Waals surface area contributed by atoms with E-state index in [2.05, 4.69) is 17.7 Å². The summed E-state index contributed by atoms with van der Waals surface area (Å²) < 4.78 is 0. The van der Waals surface area contributed by atoms with Gasteiger partial charge in [0.1, 0.15) is 5.54 Å². The minimum Gasteiger partial charge on any atom is -0.322 e. The average Bonchev–Trinajstić information content (AvgIpc) is 2.96. The lowest BCUT2D eigenvalue weighted by Gasteiger charge is -2.33. The molecule has 2 N–H and O–H groups in total. The Kier molecular flexibility index (Phi) is 5.09. The van der Waals surface area contributed by atoms with E-state index in [9.17, 15) is 14.4 Å². The highest BCUT2D eigenvalue weighted by atomic mass is 16.2. The lowest BCUT2D eigenvalue weighted by molar-refractivity contribution is -0.139. The zero-order valence-corrected chi connectivity index (χ0v) is 16.5. The van der Waals surface area contributed by atoms with Crippen molar-refractivity contribution in [2.24, 2.45) is 5.92 Å². The molecule has 0 atom stereocenters. The summed E-state index contributed by atoms with van der Waals surface area (Å²) in [6.07, 6.45) is 3.11. The number of nitrogens with zero attached hydrogens (tertiary/aromatic N) is 1. The normalized spacial score (nSPS) is 23.9. The third-order valence-corrected chi connectivity index (χ3v) is 5.95. The summed E-state index contributed by atoms with van der Waals surface area (Å²) in [6.45, 7) is 2.15. The predicted octanol–water partition coefficient (Wildman–Crippen LogP) is 3.43. The molecule has 150 valence electrons. The van der Waals surface area contributed by atoms with E-state index in [-0.39, 0.29) is 18.2 Å². The second kappa shape index (κ2) is 7.70. The number of rotatable bonds is 4. The van der Waals surface area contributed by atoms with Crippen molar-refractivity contribution in [3.8, 4) is 11.1 Å². The second-order valence-corrected chi connectivity index (χ2v) is 8.11. The summed E-state index contributed by atoms with van der Waals surface area (Å²) in [4.78, 5) is 37.6. The standard InChI is InChI=1S/C23H25N3O3/c1-16-11-13-23(14-12-16)21(28)26(22(29)24-23)25-20(27)15-17-7-9-19(10-8-17)18-5-3-2-4-6-18/h2-10,16H,11-15H2,1H3,(H,24,29)(H,25,27). The highest BCUT2D eigenvalue weighted by Crippen LogP contribution is 2.35. The quantitative estimate of drug-likeness (QED) is 0.784. The highest BCUT2D eigenvalue weighted by molar-refractivity contribution is 6.08. The molecule has 4 amide bonds.